The Balaban J connectivity index is 3.96. The number of hydrogen-bond donors (Lipinski definition) is 1. The molecule has 13 heavy (non-hydrogen) atoms. The van der Waals surface area contributed by atoms with Gasteiger partial charge in [0.15, 0.2) is 0 Å². The van der Waals surface area contributed by atoms with E-state index in [1.165, 1.54) is 0 Å². The summed E-state index contributed by atoms with van der Waals surface area (Å²) in [5, 5.41) is 9.04. The van der Waals surface area contributed by atoms with Gasteiger partial charge in [-0.2, -0.15) is 0 Å². The van der Waals surface area contributed by atoms with E-state index in [4.69, 9.17) is 44.6 Å². The highest BCUT2D eigenvalue weighted by Gasteiger charge is 2.14. The van der Waals surface area contributed by atoms with E-state index in [2.05, 4.69) is 0 Å². The predicted octanol–water partition coefficient (Wildman–Crippen LogP) is 3.05. The van der Waals surface area contributed by atoms with Crippen LogP contribution in [0.3, 0.4) is 0 Å². The lowest BCUT2D eigenvalue weighted by molar-refractivity contribution is 0.0386. The quantitative estimate of drug-likeness (QED) is 0.731. The number of aliphatic hydroxyl groups is 1. The lowest BCUT2D eigenvalue weighted by atomic mass is 10.3. The highest BCUT2D eigenvalue weighted by atomic mass is 35.5. The number of halogens is 3. The Hall–Kier alpha value is 0.530. The average Bonchev–Trinajstić information content (AvgIpc) is 2.11. The molecule has 0 aliphatic heterocycles. The van der Waals surface area contributed by atoms with Gasteiger partial charge in [0, 0.05) is 6.61 Å². The van der Waals surface area contributed by atoms with Crippen LogP contribution in [0.2, 0.25) is 0 Å². The van der Waals surface area contributed by atoms with Gasteiger partial charge in [-0.05, 0) is 6.42 Å². The smallest absolute Gasteiger partial charge is 0.124 e. The minimum atomic E-state index is -0.599. The first-order chi connectivity index (χ1) is 6.13. The molecule has 0 spiro atoms. The van der Waals surface area contributed by atoms with Gasteiger partial charge < -0.3 is 9.84 Å². The van der Waals surface area contributed by atoms with E-state index in [1.807, 2.05) is 6.92 Å². The summed E-state index contributed by atoms with van der Waals surface area (Å²) in [6.07, 6.45) is 1.34. The molecule has 0 saturated heterocycles. The lowest BCUT2D eigenvalue weighted by Crippen LogP contribution is -2.19. The molecule has 0 aromatic carbocycles. The highest BCUT2D eigenvalue weighted by Crippen LogP contribution is 2.22. The minimum Gasteiger partial charge on any atom is -0.393 e. The van der Waals surface area contributed by atoms with E-state index >= 15 is 0 Å². The molecule has 0 aliphatic rings. The van der Waals surface area contributed by atoms with Gasteiger partial charge in [0.25, 0.3) is 0 Å². The van der Waals surface area contributed by atoms with Crippen molar-refractivity contribution in [2.75, 3.05) is 13.2 Å². The van der Waals surface area contributed by atoms with E-state index in [9.17, 15) is 0 Å². The van der Waals surface area contributed by atoms with Crippen LogP contribution in [0.15, 0.2) is 9.52 Å². The second-order valence-corrected chi connectivity index (χ2v) is 3.86. The van der Waals surface area contributed by atoms with Crippen molar-refractivity contribution in [3.05, 3.63) is 9.52 Å². The molecule has 2 nitrogen and oxygen atoms in total. The summed E-state index contributed by atoms with van der Waals surface area (Å²) in [7, 11) is 0. The molecule has 1 unspecified atom stereocenters. The summed E-state index contributed by atoms with van der Waals surface area (Å²) in [6.45, 7) is 2.37. The topological polar surface area (TPSA) is 29.5 Å². The second-order valence-electron chi connectivity index (χ2n) is 2.50. The van der Waals surface area contributed by atoms with E-state index in [0.717, 1.165) is 12.8 Å². The Morgan fingerprint density at radius 2 is 2.00 bits per heavy atom. The molecule has 0 amide bonds. The van der Waals surface area contributed by atoms with Crippen molar-refractivity contribution >= 4 is 34.8 Å². The van der Waals surface area contributed by atoms with Crippen molar-refractivity contribution in [1.82, 2.24) is 0 Å². The Morgan fingerprint density at radius 3 is 2.38 bits per heavy atom. The third kappa shape index (κ3) is 5.76. The molecule has 0 rings (SSSR count). The molecular formula is C8H13Cl3O2. The maximum atomic E-state index is 8.88. The molecule has 0 radical (unpaired) electrons. The zero-order valence-corrected chi connectivity index (χ0v) is 9.66. The van der Waals surface area contributed by atoms with Crippen molar-refractivity contribution in [3.63, 3.8) is 0 Å². The fourth-order valence-electron chi connectivity index (χ4n) is 0.698. The van der Waals surface area contributed by atoms with Crippen LogP contribution in [0.25, 0.3) is 0 Å². The van der Waals surface area contributed by atoms with Crippen LogP contribution in [-0.4, -0.2) is 24.4 Å². The largest absolute Gasteiger partial charge is 0.393 e. The van der Waals surface area contributed by atoms with Crippen LogP contribution in [0.5, 0.6) is 0 Å². The first-order valence-electron chi connectivity index (χ1n) is 4.06. The van der Waals surface area contributed by atoms with Gasteiger partial charge in [-0.25, -0.2) is 0 Å². The van der Waals surface area contributed by atoms with E-state index < -0.39 is 6.10 Å². The monoisotopic (exact) mass is 246 g/mol. The van der Waals surface area contributed by atoms with Crippen molar-refractivity contribution in [3.8, 4) is 0 Å². The molecule has 0 bridgehead atoms. The normalized spacial score (nSPS) is 12.7. The number of hydrogen-bond acceptors (Lipinski definition) is 2. The minimum absolute atomic E-state index is 0.0581. The summed E-state index contributed by atoms with van der Waals surface area (Å²) in [5.41, 5.74) is 0. The van der Waals surface area contributed by atoms with Gasteiger partial charge in [-0.3, -0.25) is 0 Å². The first kappa shape index (κ1) is 13.5. The van der Waals surface area contributed by atoms with Crippen LogP contribution in [0, 0.1) is 0 Å². The average molecular weight is 248 g/mol. The maximum absolute atomic E-state index is 8.88. The van der Waals surface area contributed by atoms with E-state index in [-0.39, 0.29) is 16.1 Å². The van der Waals surface area contributed by atoms with Crippen molar-refractivity contribution in [2.45, 2.75) is 25.9 Å². The predicted molar refractivity (Wildman–Crippen MR) is 56.3 cm³/mol. The Morgan fingerprint density at radius 1 is 1.38 bits per heavy atom. The Labute approximate surface area is 93.4 Å². The number of aliphatic hydroxyl groups excluding tert-OH is 1. The van der Waals surface area contributed by atoms with Gasteiger partial charge in [-0.15, -0.1) is 0 Å². The van der Waals surface area contributed by atoms with Gasteiger partial charge in [-0.1, -0.05) is 48.1 Å². The standard InChI is InChI=1S/C8H13Cl3O2/c1-2-3-4-13-6(5-12)7(9)8(10)11/h6,12H,2-5H2,1H3. The molecule has 78 valence electrons. The third-order valence-electron chi connectivity index (χ3n) is 1.45. The van der Waals surface area contributed by atoms with Gasteiger partial charge >= 0.3 is 0 Å². The zero-order chi connectivity index (χ0) is 10.3. The Kier molecular flexibility index (Phi) is 8.21. The molecule has 0 heterocycles. The Bertz CT molecular complexity index is 167. The van der Waals surface area contributed by atoms with Crippen molar-refractivity contribution in [1.29, 1.82) is 0 Å². The van der Waals surface area contributed by atoms with Crippen LogP contribution >= 0.6 is 34.8 Å². The summed E-state index contributed by atoms with van der Waals surface area (Å²) in [6, 6.07) is 0. The summed E-state index contributed by atoms with van der Waals surface area (Å²) >= 11 is 16.6. The highest BCUT2D eigenvalue weighted by molar-refractivity contribution is 6.59. The lowest BCUT2D eigenvalue weighted by Gasteiger charge is -2.14. The fourth-order valence-corrected chi connectivity index (χ4v) is 1.07. The van der Waals surface area contributed by atoms with Crippen molar-refractivity contribution < 1.29 is 9.84 Å². The summed E-state index contributed by atoms with van der Waals surface area (Å²) in [4.78, 5) is 0. The SMILES string of the molecule is CCCCOC(CO)C(Cl)=C(Cl)Cl. The van der Waals surface area contributed by atoms with Crippen molar-refractivity contribution in [2.24, 2.45) is 0 Å². The maximum Gasteiger partial charge on any atom is 0.124 e. The molecule has 0 saturated carbocycles. The molecular weight excluding hydrogens is 234 g/mol. The zero-order valence-electron chi connectivity index (χ0n) is 7.40. The van der Waals surface area contributed by atoms with Crippen LogP contribution in [-0.2, 0) is 4.74 Å². The van der Waals surface area contributed by atoms with Crippen LogP contribution in [0.1, 0.15) is 19.8 Å². The van der Waals surface area contributed by atoms with Gasteiger partial charge in [0.1, 0.15) is 10.6 Å². The third-order valence-corrected chi connectivity index (χ3v) is 2.48. The molecule has 1 atom stereocenters. The van der Waals surface area contributed by atoms with Gasteiger partial charge in [0.2, 0.25) is 0 Å². The first-order valence-corrected chi connectivity index (χ1v) is 5.20. The number of rotatable bonds is 6. The molecule has 0 aromatic heterocycles. The molecule has 0 aliphatic carbocycles. The molecule has 5 heteroatoms. The molecule has 1 N–H and O–H groups in total. The van der Waals surface area contributed by atoms with E-state index in [0.29, 0.717) is 6.61 Å². The van der Waals surface area contributed by atoms with Crippen LogP contribution < -0.4 is 0 Å². The fraction of sp³-hybridized carbons (Fsp3) is 0.750. The number of ether oxygens (including phenoxy) is 1. The van der Waals surface area contributed by atoms with E-state index in [1.54, 1.807) is 0 Å². The second kappa shape index (κ2) is 7.89. The summed E-state index contributed by atoms with van der Waals surface area (Å²) < 4.78 is 5.19. The van der Waals surface area contributed by atoms with Crippen LogP contribution in [0.4, 0.5) is 0 Å². The number of unbranched alkanes of at least 4 members (excludes halogenated alkanes) is 1. The molecule has 0 fully saturated rings. The van der Waals surface area contributed by atoms with Gasteiger partial charge in [0.05, 0.1) is 11.6 Å². The summed E-state index contributed by atoms with van der Waals surface area (Å²) in [5.74, 6) is 0. The molecule has 0 aromatic rings.